The summed E-state index contributed by atoms with van der Waals surface area (Å²) < 4.78 is 5.26. The van der Waals surface area contributed by atoms with Crippen LogP contribution in [0.5, 0.6) is 5.75 Å². The molecule has 0 bridgehead atoms. The molecule has 6 heteroatoms. The zero-order chi connectivity index (χ0) is 19.2. The Morgan fingerprint density at radius 1 is 1.08 bits per heavy atom. The molecule has 2 aromatic rings. The molecule has 0 aliphatic carbocycles. The van der Waals surface area contributed by atoms with Gasteiger partial charge in [-0.2, -0.15) is 5.26 Å². The molecule has 0 fully saturated rings. The third-order valence-electron chi connectivity index (χ3n) is 4.04. The lowest BCUT2D eigenvalue weighted by molar-refractivity contribution is -0.138. The summed E-state index contributed by atoms with van der Waals surface area (Å²) in [4.78, 5) is 25.0. The van der Waals surface area contributed by atoms with E-state index in [1.165, 1.54) is 0 Å². The van der Waals surface area contributed by atoms with E-state index in [1.807, 2.05) is 30.3 Å². The molecule has 0 aromatic heterocycles. The molecule has 2 aromatic carbocycles. The number of anilines is 1. The zero-order valence-electron chi connectivity index (χ0n) is 15.0. The lowest BCUT2D eigenvalue weighted by Crippen LogP contribution is -2.44. The lowest BCUT2D eigenvalue weighted by atomic mass is 9.90. The third-order valence-corrected chi connectivity index (χ3v) is 4.04. The molecule has 0 aliphatic rings. The fraction of sp³-hybridized carbons (Fsp3) is 0.250. The molecule has 0 unspecified atom stereocenters. The predicted molar refractivity (Wildman–Crippen MR) is 98.4 cm³/mol. The predicted octanol–water partition coefficient (Wildman–Crippen LogP) is 2.85. The number of benzene rings is 2. The summed E-state index contributed by atoms with van der Waals surface area (Å²) in [5.74, 6) is -0.151. The molecular weight excluding hydrogens is 330 g/mol. The molecule has 0 heterocycles. The van der Waals surface area contributed by atoms with Gasteiger partial charge in [-0.15, -0.1) is 0 Å². The van der Waals surface area contributed by atoms with Crippen LogP contribution in [0, 0.1) is 16.7 Å². The highest BCUT2D eigenvalue weighted by Crippen LogP contribution is 2.21. The smallest absolute Gasteiger partial charge is 0.239 e. The normalized spacial score (nSPS) is 10.5. The second-order valence-corrected chi connectivity index (χ2v) is 6.26. The van der Waals surface area contributed by atoms with Crippen LogP contribution in [0.1, 0.15) is 25.0 Å². The van der Waals surface area contributed by atoms with Gasteiger partial charge in [-0.1, -0.05) is 18.2 Å². The molecule has 0 saturated carbocycles. The van der Waals surface area contributed by atoms with Gasteiger partial charge in [0.15, 0.2) is 0 Å². The van der Waals surface area contributed by atoms with Crippen molar-refractivity contribution in [3.05, 3.63) is 59.7 Å². The number of methoxy groups -OCH3 is 1. The number of hydrogen-bond donors (Lipinski definition) is 2. The van der Waals surface area contributed by atoms with Gasteiger partial charge in [0.25, 0.3) is 0 Å². The maximum atomic E-state index is 12.5. The maximum absolute atomic E-state index is 12.5. The van der Waals surface area contributed by atoms with Crippen molar-refractivity contribution >= 4 is 17.5 Å². The van der Waals surface area contributed by atoms with Gasteiger partial charge in [0.1, 0.15) is 11.2 Å². The van der Waals surface area contributed by atoms with Gasteiger partial charge in [0.2, 0.25) is 11.8 Å². The molecule has 2 rings (SSSR count). The van der Waals surface area contributed by atoms with Crippen molar-refractivity contribution in [3.8, 4) is 11.8 Å². The number of amides is 2. The van der Waals surface area contributed by atoms with E-state index >= 15 is 0 Å². The van der Waals surface area contributed by atoms with Crippen LogP contribution in [0.25, 0.3) is 0 Å². The number of rotatable bonds is 6. The average molecular weight is 351 g/mol. The number of para-hydroxylation sites is 1. The molecule has 0 saturated heterocycles. The first-order chi connectivity index (χ1) is 12.4. The Morgan fingerprint density at radius 2 is 1.73 bits per heavy atom. The fourth-order valence-electron chi connectivity index (χ4n) is 2.26. The van der Waals surface area contributed by atoms with E-state index in [4.69, 9.17) is 10.00 Å². The summed E-state index contributed by atoms with van der Waals surface area (Å²) in [5.41, 5.74) is 0.582. The lowest BCUT2D eigenvalue weighted by Gasteiger charge is -2.23. The molecule has 2 amide bonds. The minimum absolute atomic E-state index is 0.260. The van der Waals surface area contributed by atoms with Crippen molar-refractivity contribution in [1.29, 1.82) is 5.26 Å². The van der Waals surface area contributed by atoms with Crippen molar-refractivity contribution < 1.29 is 14.3 Å². The number of carbonyl (C=O) groups is 2. The largest absolute Gasteiger partial charge is 0.496 e. The van der Waals surface area contributed by atoms with Crippen LogP contribution in [0.3, 0.4) is 0 Å². The Labute approximate surface area is 152 Å². The van der Waals surface area contributed by atoms with E-state index in [1.54, 1.807) is 45.2 Å². The molecule has 134 valence electrons. The second kappa shape index (κ2) is 8.17. The number of ether oxygens (including phenoxy) is 1. The molecule has 0 radical (unpaired) electrons. The zero-order valence-corrected chi connectivity index (χ0v) is 15.0. The first-order valence-electron chi connectivity index (χ1n) is 8.10. The number of nitrogens with one attached hydrogen (secondary N) is 2. The van der Waals surface area contributed by atoms with Gasteiger partial charge in [-0.05, 0) is 44.2 Å². The highest BCUT2D eigenvalue weighted by Gasteiger charge is 2.36. The van der Waals surface area contributed by atoms with Crippen molar-refractivity contribution in [2.45, 2.75) is 20.4 Å². The molecule has 6 nitrogen and oxygen atoms in total. The average Bonchev–Trinajstić information content (AvgIpc) is 2.66. The van der Waals surface area contributed by atoms with Crippen LogP contribution in [0.4, 0.5) is 5.69 Å². The van der Waals surface area contributed by atoms with E-state index < -0.39 is 17.2 Å². The monoisotopic (exact) mass is 351 g/mol. The minimum Gasteiger partial charge on any atom is -0.496 e. The molecule has 26 heavy (non-hydrogen) atoms. The summed E-state index contributed by atoms with van der Waals surface area (Å²) in [5, 5.41) is 14.3. The van der Waals surface area contributed by atoms with Crippen LogP contribution in [0.2, 0.25) is 0 Å². The van der Waals surface area contributed by atoms with Crippen LogP contribution in [0.15, 0.2) is 48.5 Å². The van der Waals surface area contributed by atoms with Gasteiger partial charge < -0.3 is 15.4 Å². The number of nitriles is 1. The van der Waals surface area contributed by atoms with E-state index in [0.29, 0.717) is 17.0 Å². The van der Waals surface area contributed by atoms with E-state index in [0.717, 1.165) is 5.56 Å². The first kappa shape index (κ1) is 19.0. The van der Waals surface area contributed by atoms with E-state index in [2.05, 4.69) is 10.6 Å². The minimum atomic E-state index is -1.27. The van der Waals surface area contributed by atoms with Crippen molar-refractivity contribution in [2.75, 3.05) is 12.4 Å². The summed E-state index contributed by atoms with van der Waals surface area (Å²) in [6, 6.07) is 15.8. The highest BCUT2D eigenvalue weighted by molar-refractivity contribution is 6.09. The second-order valence-electron chi connectivity index (χ2n) is 6.26. The fourth-order valence-corrected chi connectivity index (χ4v) is 2.26. The van der Waals surface area contributed by atoms with E-state index in [9.17, 15) is 9.59 Å². The van der Waals surface area contributed by atoms with E-state index in [-0.39, 0.29) is 6.54 Å². The Hall–Kier alpha value is -3.33. The molecule has 0 atom stereocenters. The van der Waals surface area contributed by atoms with Crippen LogP contribution < -0.4 is 15.4 Å². The van der Waals surface area contributed by atoms with Crippen molar-refractivity contribution in [1.82, 2.24) is 5.32 Å². The van der Waals surface area contributed by atoms with Gasteiger partial charge in [-0.3, -0.25) is 9.59 Å². The molecular formula is C20H21N3O3. The van der Waals surface area contributed by atoms with Gasteiger partial charge >= 0.3 is 0 Å². The number of hydrogen-bond acceptors (Lipinski definition) is 4. The molecule has 0 aliphatic heterocycles. The van der Waals surface area contributed by atoms with Crippen molar-refractivity contribution in [3.63, 3.8) is 0 Å². The molecule has 0 spiro atoms. The van der Waals surface area contributed by atoms with Crippen molar-refractivity contribution in [2.24, 2.45) is 5.41 Å². The Morgan fingerprint density at radius 3 is 2.35 bits per heavy atom. The van der Waals surface area contributed by atoms with Gasteiger partial charge in [0.05, 0.1) is 18.7 Å². The SMILES string of the molecule is COc1ccccc1CNC(=O)C(C)(C)C(=O)Nc1ccc(C#N)cc1. The maximum Gasteiger partial charge on any atom is 0.239 e. The summed E-state index contributed by atoms with van der Waals surface area (Å²) >= 11 is 0. The summed E-state index contributed by atoms with van der Waals surface area (Å²) in [6.07, 6.45) is 0. The summed E-state index contributed by atoms with van der Waals surface area (Å²) in [7, 11) is 1.57. The number of nitrogens with zero attached hydrogens (tertiary/aromatic N) is 1. The first-order valence-corrected chi connectivity index (χ1v) is 8.10. The number of carbonyl (C=O) groups excluding carboxylic acids is 2. The van der Waals surface area contributed by atoms with Gasteiger partial charge in [0, 0.05) is 17.8 Å². The Bertz CT molecular complexity index is 836. The van der Waals surface area contributed by atoms with Crippen LogP contribution >= 0.6 is 0 Å². The highest BCUT2D eigenvalue weighted by atomic mass is 16.5. The topological polar surface area (TPSA) is 91.2 Å². The van der Waals surface area contributed by atoms with Crippen LogP contribution in [-0.4, -0.2) is 18.9 Å². The Balaban J connectivity index is 2.01. The van der Waals surface area contributed by atoms with Crippen LogP contribution in [-0.2, 0) is 16.1 Å². The van der Waals surface area contributed by atoms with Gasteiger partial charge in [-0.25, -0.2) is 0 Å². The third kappa shape index (κ3) is 4.39. The quantitative estimate of drug-likeness (QED) is 0.783. The summed E-state index contributed by atoms with van der Waals surface area (Å²) in [6.45, 7) is 3.38. The molecule has 2 N–H and O–H groups in total. The Kier molecular flexibility index (Phi) is 5.97. The standard InChI is InChI=1S/C20H21N3O3/c1-20(2,19(25)23-16-10-8-14(12-21)9-11-16)18(24)22-13-15-6-4-5-7-17(15)26-3/h4-11H,13H2,1-3H3,(H,22,24)(H,23,25).